The molecule has 0 radical (unpaired) electrons. The summed E-state index contributed by atoms with van der Waals surface area (Å²) in [6.45, 7) is 4.02. The predicted octanol–water partition coefficient (Wildman–Crippen LogP) is 3.65. The molecule has 1 aromatic carbocycles. The van der Waals surface area contributed by atoms with Gasteiger partial charge in [-0.15, -0.1) is 0 Å². The zero-order chi connectivity index (χ0) is 9.97. The van der Waals surface area contributed by atoms with E-state index in [1.54, 1.807) is 0 Å². The van der Waals surface area contributed by atoms with Gasteiger partial charge >= 0.3 is 0 Å². The maximum atomic E-state index is 5.38. The van der Waals surface area contributed by atoms with Gasteiger partial charge in [0.2, 0.25) is 0 Å². The average molecular weight is 255 g/mol. The van der Waals surface area contributed by atoms with Crippen molar-refractivity contribution in [3.8, 4) is 0 Å². The van der Waals surface area contributed by atoms with Gasteiger partial charge in [-0.05, 0) is 42.9 Å². The van der Waals surface area contributed by atoms with Crippen molar-refractivity contribution in [2.24, 2.45) is 0 Å². The van der Waals surface area contributed by atoms with E-state index in [1.807, 2.05) is 0 Å². The molecule has 1 aliphatic rings. The quantitative estimate of drug-likeness (QED) is 0.744. The van der Waals surface area contributed by atoms with Crippen LogP contribution >= 0.6 is 15.9 Å². The monoisotopic (exact) mass is 254 g/mol. The van der Waals surface area contributed by atoms with Crippen LogP contribution in [0.1, 0.15) is 29.9 Å². The van der Waals surface area contributed by atoms with Crippen LogP contribution in [-0.4, -0.2) is 13.2 Å². The Labute approximate surface area is 93.6 Å². The summed E-state index contributed by atoms with van der Waals surface area (Å²) < 4.78 is 6.60. The van der Waals surface area contributed by atoms with Crippen LogP contribution in [0.2, 0.25) is 0 Å². The molecule has 0 aromatic heterocycles. The highest BCUT2D eigenvalue weighted by Gasteiger charge is 2.17. The lowest BCUT2D eigenvalue weighted by Crippen LogP contribution is -2.14. The largest absolute Gasteiger partial charge is 0.381 e. The summed E-state index contributed by atoms with van der Waals surface area (Å²) in [6, 6.07) is 6.48. The number of ether oxygens (including phenoxy) is 1. The minimum absolute atomic E-state index is 0.696. The third kappa shape index (κ3) is 2.01. The second-order valence-corrected chi connectivity index (χ2v) is 4.70. The number of halogens is 1. The fourth-order valence-electron chi connectivity index (χ4n) is 2.08. The van der Waals surface area contributed by atoms with Gasteiger partial charge in [-0.3, -0.25) is 0 Å². The third-order valence-electron chi connectivity index (χ3n) is 2.97. The second-order valence-electron chi connectivity index (χ2n) is 3.84. The van der Waals surface area contributed by atoms with Gasteiger partial charge in [0.05, 0.1) is 0 Å². The number of hydrogen-bond acceptors (Lipinski definition) is 1. The van der Waals surface area contributed by atoms with Crippen molar-refractivity contribution in [3.63, 3.8) is 0 Å². The molecule has 1 saturated heterocycles. The van der Waals surface area contributed by atoms with E-state index in [1.165, 1.54) is 15.6 Å². The first-order chi connectivity index (χ1) is 6.79. The molecular weight excluding hydrogens is 240 g/mol. The van der Waals surface area contributed by atoms with E-state index in [2.05, 4.69) is 41.1 Å². The standard InChI is InChI=1S/C12H15BrO/c1-9-11(3-2-4-12(9)13)10-5-7-14-8-6-10/h2-4,10H,5-8H2,1H3. The fraction of sp³-hybridized carbons (Fsp3) is 0.500. The number of rotatable bonds is 1. The summed E-state index contributed by atoms with van der Waals surface area (Å²) in [4.78, 5) is 0. The van der Waals surface area contributed by atoms with E-state index >= 15 is 0 Å². The molecule has 0 unspecified atom stereocenters. The van der Waals surface area contributed by atoms with Crippen molar-refractivity contribution in [3.05, 3.63) is 33.8 Å². The second kappa shape index (κ2) is 4.45. The molecule has 0 atom stereocenters. The van der Waals surface area contributed by atoms with Crippen LogP contribution in [0.25, 0.3) is 0 Å². The van der Waals surface area contributed by atoms with Crippen LogP contribution in [-0.2, 0) is 4.74 Å². The first-order valence-electron chi connectivity index (χ1n) is 5.12. The Morgan fingerprint density at radius 1 is 1.29 bits per heavy atom. The minimum atomic E-state index is 0.696. The van der Waals surface area contributed by atoms with Crippen LogP contribution in [0, 0.1) is 6.92 Å². The first kappa shape index (κ1) is 10.2. The Morgan fingerprint density at radius 2 is 2.00 bits per heavy atom. The lowest BCUT2D eigenvalue weighted by atomic mass is 9.89. The molecule has 0 saturated carbocycles. The van der Waals surface area contributed by atoms with Crippen molar-refractivity contribution in [1.29, 1.82) is 0 Å². The molecule has 2 rings (SSSR count). The molecule has 0 spiro atoms. The van der Waals surface area contributed by atoms with Crippen molar-refractivity contribution < 1.29 is 4.74 Å². The van der Waals surface area contributed by atoms with Gasteiger partial charge in [0.25, 0.3) is 0 Å². The van der Waals surface area contributed by atoms with Gasteiger partial charge in [0.15, 0.2) is 0 Å². The minimum Gasteiger partial charge on any atom is -0.381 e. The highest BCUT2D eigenvalue weighted by atomic mass is 79.9. The first-order valence-corrected chi connectivity index (χ1v) is 5.91. The number of hydrogen-bond donors (Lipinski definition) is 0. The highest BCUT2D eigenvalue weighted by Crippen LogP contribution is 2.31. The molecule has 0 bridgehead atoms. The molecular formula is C12H15BrO. The van der Waals surface area contributed by atoms with E-state index in [0.29, 0.717) is 5.92 Å². The molecule has 0 amide bonds. The molecule has 14 heavy (non-hydrogen) atoms. The van der Waals surface area contributed by atoms with Gasteiger partial charge in [-0.25, -0.2) is 0 Å². The predicted molar refractivity (Wildman–Crippen MR) is 61.7 cm³/mol. The van der Waals surface area contributed by atoms with Gasteiger partial charge < -0.3 is 4.74 Å². The van der Waals surface area contributed by atoms with Gasteiger partial charge in [-0.1, -0.05) is 28.1 Å². The van der Waals surface area contributed by atoms with Crippen molar-refractivity contribution >= 4 is 15.9 Å². The maximum absolute atomic E-state index is 5.38. The molecule has 1 aliphatic heterocycles. The molecule has 1 nitrogen and oxygen atoms in total. The summed E-state index contributed by atoms with van der Waals surface area (Å²) in [7, 11) is 0. The van der Waals surface area contributed by atoms with E-state index < -0.39 is 0 Å². The Hall–Kier alpha value is -0.340. The summed E-state index contributed by atoms with van der Waals surface area (Å²) in [6.07, 6.45) is 2.33. The van der Waals surface area contributed by atoms with E-state index in [0.717, 1.165) is 26.1 Å². The maximum Gasteiger partial charge on any atom is 0.0471 e. The van der Waals surface area contributed by atoms with Gasteiger partial charge in [-0.2, -0.15) is 0 Å². The zero-order valence-electron chi connectivity index (χ0n) is 8.42. The number of benzene rings is 1. The molecule has 0 aliphatic carbocycles. The molecule has 0 N–H and O–H groups in total. The molecule has 1 aromatic rings. The summed E-state index contributed by atoms with van der Waals surface area (Å²) >= 11 is 3.58. The van der Waals surface area contributed by atoms with Crippen molar-refractivity contribution in [2.45, 2.75) is 25.7 Å². The summed E-state index contributed by atoms with van der Waals surface area (Å²) in [5.41, 5.74) is 2.88. The Bertz CT molecular complexity index is 316. The lowest BCUT2D eigenvalue weighted by Gasteiger charge is -2.24. The van der Waals surface area contributed by atoms with Gasteiger partial charge in [0, 0.05) is 17.7 Å². The molecule has 1 fully saturated rings. The molecule has 2 heteroatoms. The van der Waals surface area contributed by atoms with Gasteiger partial charge in [0.1, 0.15) is 0 Å². The van der Waals surface area contributed by atoms with Crippen LogP contribution < -0.4 is 0 Å². The fourth-order valence-corrected chi connectivity index (χ4v) is 2.46. The van der Waals surface area contributed by atoms with Crippen molar-refractivity contribution in [2.75, 3.05) is 13.2 Å². The Balaban J connectivity index is 2.26. The smallest absolute Gasteiger partial charge is 0.0471 e. The average Bonchev–Trinajstić information content (AvgIpc) is 2.23. The van der Waals surface area contributed by atoms with E-state index in [9.17, 15) is 0 Å². The normalized spacial score (nSPS) is 18.4. The summed E-state index contributed by atoms with van der Waals surface area (Å²) in [5.74, 6) is 0.696. The van der Waals surface area contributed by atoms with Crippen LogP contribution in [0.15, 0.2) is 22.7 Å². The summed E-state index contributed by atoms with van der Waals surface area (Å²) in [5, 5.41) is 0. The SMILES string of the molecule is Cc1c(Br)cccc1C1CCOCC1. The third-order valence-corrected chi connectivity index (χ3v) is 3.83. The Morgan fingerprint density at radius 3 is 2.71 bits per heavy atom. The van der Waals surface area contributed by atoms with Crippen LogP contribution in [0.4, 0.5) is 0 Å². The Kier molecular flexibility index (Phi) is 3.24. The lowest BCUT2D eigenvalue weighted by molar-refractivity contribution is 0.0852. The van der Waals surface area contributed by atoms with Crippen LogP contribution in [0.3, 0.4) is 0 Å². The van der Waals surface area contributed by atoms with E-state index in [4.69, 9.17) is 4.74 Å². The van der Waals surface area contributed by atoms with Crippen molar-refractivity contribution in [1.82, 2.24) is 0 Å². The highest BCUT2D eigenvalue weighted by molar-refractivity contribution is 9.10. The zero-order valence-corrected chi connectivity index (χ0v) is 10.0. The molecule has 1 heterocycles. The van der Waals surface area contributed by atoms with Crippen LogP contribution in [0.5, 0.6) is 0 Å². The van der Waals surface area contributed by atoms with E-state index in [-0.39, 0.29) is 0 Å². The topological polar surface area (TPSA) is 9.23 Å². The molecule has 76 valence electrons.